The summed E-state index contributed by atoms with van der Waals surface area (Å²) < 4.78 is 2.02. The number of para-hydroxylation sites is 3. The highest BCUT2D eigenvalue weighted by Gasteiger charge is 2.21. The Balaban J connectivity index is 0.00000256. The highest BCUT2D eigenvalue weighted by Crippen LogP contribution is 2.27. The summed E-state index contributed by atoms with van der Waals surface area (Å²) >= 11 is 0. The number of halogens is 1. The van der Waals surface area contributed by atoms with Crippen LogP contribution in [0.2, 0.25) is 0 Å². The van der Waals surface area contributed by atoms with Crippen LogP contribution < -0.4 is 10.2 Å². The van der Waals surface area contributed by atoms with E-state index < -0.39 is 0 Å². The van der Waals surface area contributed by atoms with Crippen molar-refractivity contribution in [3.05, 3.63) is 72.8 Å². The molecule has 158 valence electrons. The summed E-state index contributed by atoms with van der Waals surface area (Å²) in [5.41, 5.74) is 3.18. The molecule has 0 spiro atoms. The molecular formula is C22H27IN6O. The summed E-state index contributed by atoms with van der Waals surface area (Å²) in [6, 6.07) is 15.8. The highest BCUT2D eigenvalue weighted by atomic mass is 127. The molecule has 4 rings (SSSR count). The molecular weight excluding hydrogens is 491 g/mol. The first kappa shape index (κ1) is 21.9. The predicted molar refractivity (Wildman–Crippen MR) is 131 cm³/mol. The summed E-state index contributed by atoms with van der Waals surface area (Å²) in [5, 5.41) is 13.6. The zero-order valence-electron chi connectivity index (χ0n) is 17.0. The number of piperazine rings is 1. The number of aliphatic imine (C=N–C) groups is 1. The number of aromatic nitrogens is 2. The van der Waals surface area contributed by atoms with Crippen molar-refractivity contribution in [1.82, 2.24) is 19.8 Å². The number of hydrogen-bond donors (Lipinski definition) is 2. The van der Waals surface area contributed by atoms with Gasteiger partial charge in [-0.3, -0.25) is 4.99 Å². The van der Waals surface area contributed by atoms with Gasteiger partial charge < -0.3 is 24.8 Å². The maximum atomic E-state index is 10.1. The van der Waals surface area contributed by atoms with Gasteiger partial charge in [0.25, 0.3) is 0 Å². The van der Waals surface area contributed by atoms with E-state index in [0.717, 1.165) is 43.5 Å². The molecule has 0 unspecified atom stereocenters. The number of guanidine groups is 1. The third kappa shape index (κ3) is 4.86. The Morgan fingerprint density at radius 2 is 1.73 bits per heavy atom. The fraction of sp³-hybridized carbons (Fsp3) is 0.273. The number of anilines is 1. The molecule has 0 bridgehead atoms. The molecule has 3 aromatic rings. The first-order chi connectivity index (χ1) is 14.3. The van der Waals surface area contributed by atoms with Gasteiger partial charge in [0.05, 0.1) is 17.7 Å². The minimum absolute atomic E-state index is 0. The predicted octanol–water partition coefficient (Wildman–Crippen LogP) is 3.09. The quantitative estimate of drug-likeness (QED) is 0.316. The van der Waals surface area contributed by atoms with E-state index in [1.807, 2.05) is 54.5 Å². The van der Waals surface area contributed by atoms with Gasteiger partial charge in [0, 0.05) is 52.2 Å². The third-order valence-electron chi connectivity index (χ3n) is 5.22. The molecule has 1 aromatic heterocycles. The lowest BCUT2D eigenvalue weighted by Gasteiger charge is -2.37. The van der Waals surface area contributed by atoms with Crippen LogP contribution in [0, 0.1) is 0 Å². The summed E-state index contributed by atoms with van der Waals surface area (Å²) in [5.74, 6) is 1.22. The van der Waals surface area contributed by atoms with Crippen LogP contribution in [0.1, 0.15) is 5.56 Å². The number of nitrogens with one attached hydrogen (secondary N) is 1. The number of imidazole rings is 1. The van der Waals surface area contributed by atoms with Gasteiger partial charge in [0.2, 0.25) is 0 Å². The Labute approximate surface area is 194 Å². The summed E-state index contributed by atoms with van der Waals surface area (Å²) in [7, 11) is 1.82. The van der Waals surface area contributed by atoms with E-state index >= 15 is 0 Å². The summed E-state index contributed by atoms with van der Waals surface area (Å²) in [6.07, 6.45) is 5.55. The molecule has 8 heteroatoms. The maximum Gasteiger partial charge on any atom is 0.194 e. The Bertz CT molecular complexity index is 967. The van der Waals surface area contributed by atoms with E-state index in [4.69, 9.17) is 0 Å². The van der Waals surface area contributed by atoms with Gasteiger partial charge in [-0.05, 0) is 23.8 Å². The zero-order valence-corrected chi connectivity index (χ0v) is 19.3. The second-order valence-corrected chi connectivity index (χ2v) is 6.96. The lowest BCUT2D eigenvalue weighted by Crippen LogP contribution is -2.52. The van der Waals surface area contributed by atoms with Crippen molar-refractivity contribution in [3.8, 4) is 11.4 Å². The molecule has 0 amide bonds. The van der Waals surface area contributed by atoms with Crippen molar-refractivity contribution >= 4 is 35.6 Å². The van der Waals surface area contributed by atoms with E-state index in [1.54, 1.807) is 12.3 Å². The Morgan fingerprint density at radius 1 is 1.03 bits per heavy atom. The monoisotopic (exact) mass is 518 g/mol. The molecule has 0 saturated carbocycles. The number of phenolic OH excluding ortho intramolecular Hbond substituents is 1. The molecule has 0 radical (unpaired) electrons. The molecule has 2 aromatic carbocycles. The molecule has 1 aliphatic rings. The van der Waals surface area contributed by atoms with Crippen molar-refractivity contribution < 1.29 is 5.11 Å². The summed E-state index contributed by atoms with van der Waals surface area (Å²) in [4.78, 5) is 13.1. The Hall–Kier alpha value is -2.75. The van der Waals surface area contributed by atoms with Crippen molar-refractivity contribution in [1.29, 1.82) is 0 Å². The van der Waals surface area contributed by atoms with E-state index in [9.17, 15) is 5.11 Å². The Kier molecular flexibility index (Phi) is 7.56. The van der Waals surface area contributed by atoms with Gasteiger partial charge in [-0.15, -0.1) is 24.0 Å². The average Bonchev–Trinajstić information content (AvgIpc) is 3.30. The molecule has 1 fully saturated rings. The SMILES string of the molecule is CN=C(NCc1ccccc1-n1ccnc1)N1CCN(c2ccccc2O)CC1.I. The van der Waals surface area contributed by atoms with Crippen LogP contribution in [0.15, 0.2) is 72.2 Å². The Morgan fingerprint density at radius 3 is 2.40 bits per heavy atom. The molecule has 1 aliphatic heterocycles. The fourth-order valence-electron chi connectivity index (χ4n) is 3.71. The normalized spacial score (nSPS) is 14.4. The van der Waals surface area contributed by atoms with Gasteiger partial charge in [0.1, 0.15) is 5.75 Å². The van der Waals surface area contributed by atoms with Crippen LogP contribution in [-0.4, -0.2) is 58.7 Å². The average molecular weight is 518 g/mol. The van der Waals surface area contributed by atoms with Crippen molar-refractivity contribution in [2.75, 3.05) is 38.1 Å². The van der Waals surface area contributed by atoms with Crippen molar-refractivity contribution in [3.63, 3.8) is 0 Å². The number of phenols is 1. The zero-order chi connectivity index (χ0) is 20.1. The van der Waals surface area contributed by atoms with Gasteiger partial charge in [-0.2, -0.15) is 0 Å². The van der Waals surface area contributed by atoms with E-state index in [-0.39, 0.29) is 24.0 Å². The second kappa shape index (κ2) is 10.3. The number of aromatic hydroxyl groups is 1. The molecule has 1 saturated heterocycles. The molecule has 2 N–H and O–H groups in total. The molecule has 0 aliphatic carbocycles. The van der Waals surface area contributed by atoms with E-state index in [1.165, 1.54) is 5.56 Å². The first-order valence-electron chi connectivity index (χ1n) is 9.81. The molecule has 2 heterocycles. The highest BCUT2D eigenvalue weighted by molar-refractivity contribution is 14.0. The first-order valence-corrected chi connectivity index (χ1v) is 9.81. The van der Waals surface area contributed by atoms with Crippen LogP contribution >= 0.6 is 24.0 Å². The van der Waals surface area contributed by atoms with Gasteiger partial charge >= 0.3 is 0 Å². The maximum absolute atomic E-state index is 10.1. The van der Waals surface area contributed by atoms with Crippen LogP contribution in [0.3, 0.4) is 0 Å². The fourth-order valence-corrected chi connectivity index (χ4v) is 3.71. The standard InChI is InChI=1S/C22H26N6O.HI/c1-23-22(25-16-18-6-2-3-7-19(18)28-11-10-24-17-28)27-14-12-26(13-15-27)20-8-4-5-9-21(20)29;/h2-11,17,29H,12-16H2,1H3,(H,23,25);1H. The number of benzene rings is 2. The lowest BCUT2D eigenvalue weighted by atomic mass is 10.1. The van der Waals surface area contributed by atoms with Gasteiger partial charge in [-0.25, -0.2) is 4.98 Å². The summed E-state index contributed by atoms with van der Waals surface area (Å²) in [6.45, 7) is 4.04. The van der Waals surface area contributed by atoms with E-state index in [0.29, 0.717) is 12.3 Å². The van der Waals surface area contributed by atoms with Crippen molar-refractivity contribution in [2.24, 2.45) is 4.99 Å². The molecule has 0 atom stereocenters. The van der Waals surface area contributed by atoms with E-state index in [2.05, 4.69) is 37.2 Å². The molecule has 7 nitrogen and oxygen atoms in total. The lowest BCUT2D eigenvalue weighted by molar-refractivity contribution is 0.369. The number of rotatable bonds is 4. The largest absolute Gasteiger partial charge is 0.506 e. The number of nitrogens with zero attached hydrogens (tertiary/aromatic N) is 5. The van der Waals surface area contributed by atoms with Crippen LogP contribution in [0.25, 0.3) is 5.69 Å². The number of hydrogen-bond acceptors (Lipinski definition) is 4. The minimum atomic E-state index is 0. The van der Waals surface area contributed by atoms with Crippen LogP contribution in [0.5, 0.6) is 5.75 Å². The second-order valence-electron chi connectivity index (χ2n) is 6.96. The van der Waals surface area contributed by atoms with Gasteiger partial charge in [0.15, 0.2) is 5.96 Å². The van der Waals surface area contributed by atoms with Crippen molar-refractivity contribution in [2.45, 2.75) is 6.54 Å². The molecule has 30 heavy (non-hydrogen) atoms. The van der Waals surface area contributed by atoms with Gasteiger partial charge in [-0.1, -0.05) is 30.3 Å². The smallest absolute Gasteiger partial charge is 0.194 e. The topological polar surface area (TPSA) is 68.9 Å². The third-order valence-corrected chi connectivity index (χ3v) is 5.22. The minimum Gasteiger partial charge on any atom is -0.506 e. The van der Waals surface area contributed by atoms with Crippen LogP contribution in [-0.2, 0) is 6.54 Å². The van der Waals surface area contributed by atoms with Crippen LogP contribution in [0.4, 0.5) is 5.69 Å².